The van der Waals surface area contributed by atoms with Crippen LogP contribution in [-0.2, 0) is 9.53 Å². The molecule has 9 nitrogen and oxygen atoms in total. The number of carbonyl (C=O) groups is 1. The van der Waals surface area contributed by atoms with Crippen LogP contribution in [0.15, 0.2) is 54.1 Å². The number of hydrogen-bond donors (Lipinski definition) is 1. The van der Waals surface area contributed by atoms with E-state index in [-0.39, 0.29) is 6.61 Å². The largest absolute Gasteiger partial charge is 0.497 e. The van der Waals surface area contributed by atoms with Crippen LogP contribution >= 0.6 is 0 Å². The highest BCUT2D eigenvalue weighted by atomic mass is 16.5. The summed E-state index contributed by atoms with van der Waals surface area (Å²) >= 11 is 0. The van der Waals surface area contributed by atoms with Crippen molar-refractivity contribution in [3.05, 3.63) is 65.2 Å². The molecule has 1 atom stereocenters. The Kier molecular flexibility index (Phi) is 5.34. The second kappa shape index (κ2) is 8.24. The molecule has 2 aromatic carbocycles. The standard InChI is InChI=1S/C21H21N5O4/c1-4-30-20(27)17-18(13-8-6-5-7-9-13)22-21-23-24-25-26(21)19(17)15-12-14(28-2)10-11-16(15)29-3/h5-12,19H,4H2,1-3H3,(H,22,23,25). The van der Waals surface area contributed by atoms with Gasteiger partial charge in [-0.2, -0.15) is 4.68 Å². The number of esters is 1. The van der Waals surface area contributed by atoms with E-state index in [0.29, 0.717) is 34.3 Å². The van der Waals surface area contributed by atoms with Crippen molar-refractivity contribution in [3.63, 3.8) is 0 Å². The summed E-state index contributed by atoms with van der Waals surface area (Å²) in [5, 5.41) is 15.2. The predicted molar refractivity (Wildman–Crippen MR) is 109 cm³/mol. The van der Waals surface area contributed by atoms with E-state index in [0.717, 1.165) is 5.56 Å². The molecule has 1 aliphatic rings. The molecule has 0 radical (unpaired) electrons. The van der Waals surface area contributed by atoms with Gasteiger partial charge >= 0.3 is 5.97 Å². The van der Waals surface area contributed by atoms with E-state index < -0.39 is 12.0 Å². The first kappa shape index (κ1) is 19.4. The van der Waals surface area contributed by atoms with Crippen LogP contribution in [0.3, 0.4) is 0 Å². The Balaban J connectivity index is 2.01. The van der Waals surface area contributed by atoms with Crippen LogP contribution in [0.1, 0.15) is 24.1 Å². The number of hydrogen-bond acceptors (Lipinski definition) is 8. The van der Waals surface area contributed by atoms with Crippen LogP contribution in [-0.4, -0.2) is 47.0 Å². The Morgan fingerprint density at radius 3 is 2.63 bits per heavy atom. The number of fused-ring (bicyclic) bond motifs is 1. The number of nitrogens with zero attached hydrogens (tertiary/aromatic N) is 4. The van der Waals surface area contributed by atoms with E-state index >= 15 is 0 Å². The highest BCUT2D eigenvalue weighted by Crippen LogP contribution is 2.42. The maximum atomic E-state index is 13.2. The SMILES string of the molecule is CCOC(=O)C1=C(c2ccccc2)Nc2nnnn2C1c1cc(OC)ccc1OC. The molecule has 0 fully saturated rings. The minimum Gasteiger partial charge on any atom is -0.497 e. The van der Waals surface area contributed by atoms with Gasteiger partial charge in [0.25, 0.3) is 0 Å². The van der Waals surface area contributed by atoms with Crippen molar-refractivity contribution >= 4 is 17.6 Å². The molecule has 1 unspecified atom stereocenters. The Bertz CT molecular complexity index is 1090. The molecule has 0 amide bonds. The van der Waals surface area contributed by atoms with Crippen molar-refractivity contribution in [2.75, 3.05) is 26.1 Å². The Hall–Kier alpha value is -3.88. The van der Waals surface area contributed by atoms with Gasteiger partial charge in [0.05, 0.1) is 32.1 Å². The normalized spacial score (nSPS) is 15.2. The fourth-order valence-corrected chi connectivity index (χ4v) is 3.48. The molecule has 0 bridgehead atoms. The molecule has 154 valence electrons. The highest BCUT2D eigenvalue weighted by Gasteiger charge is 2.38. The average molecular weight is 407 g/mol. The summed E-state index contributed by atoms with van der Waals surface area (Å²) in [5.41, 5.74) is 2.42. The van der Waals surface area contributed by atoms with Crippen molar-refractivity contribution < 1.29 is 19.0 Å². The van der Waals surface area contributed by atoms with Crippen LogP contribution in [0.25, 0.3) is 5.70 Å². The number of anilines is 1. The maximum Gasteiger partial charge on any atom is 0.338 e. The summed E-state index contributed by atoms with van der Waals surface area (Å²) in [4.78, 5) is 13.2. The average Bonchev–Trinajstić information content (AvgIpc) is 3.26. The lowest BCUT2D eigenvalue weighted by atomic mass is 9.92. The van der Waals surface area contributed by atoms with E-state index in [4.69, 9.17) is 14.2 Å². The second-order valence-electron chi connectivity index (χ2n) is 6.46. The van der Waals surface area contributed by atoms with Crippen LogP contribution in [0.2, 0.25) is 0 Å². The van der Waals surface area contributed by atoms with Gasteiger partial charge in [-0.1, -0.05) is 35.4 Å². The Labute approximate surface area is 173 Å². The van der Waals surface area contributed by atoms with Crippen molar-refractivity contribution in [3.8, 4) is 11.5 Å². The molecule has 2 heterocycles. The van der Waals surface area contributed by atoms with Crippen LogP contribution in [0, 0.1) is 0 Å². The Morgan fingerprint density at radius 1 is 1.13 bits per heavy atom. The molecule has 0 aliphatic carbocycles. The summed E-state index contributed by atoms with van der Waals surface area (Å²) in [6.45, 7) is 2.00. The van der Waals surface area contributed by atoms with Gasteiger partial charge in [-0.15, -0.1) is 0 Å². The molecule has 1 aromatic heterocycles. The summed E-state index contributed by atoms with van der Waals surface area (Å²) in [6, 6.07) is 14.2. The molecule has 9 heteroatoms. The monoisotopic (exact) mass is 407 g/mol. The summed E-state index contributed by atoms with van der Waals surface area (Å²) in [5.74, 6) is 1.11. The van der Waals surface area contributed by atoms with Gasteiger partial charge in [0.1, 0.15) is 17.5 Å². The number of nitrogens with one attached hydrogen (secondary N) is 1. The van der Waals surface area contributed by atoms with Crippen molar-refractivity contribution in [2.24, 2.45) is 0 Å². The number of tetrazole rings is 1. The minimum atomic E-state index is -0.685. The van der Waals surface area contributed by atoms with Gasteiger partial charge in [-0.05, 0) is 41.1 Å². The lowest BCUT2D eigenvalue weighted by Gasteiger charge is -2.29. The molecular weight excluding hydrogens is 386 g/mol. The molecule has 30 heavy (non-hydrogen) atoms. The molecule has 0 saturated heterocycles. The molecule has 4 rings (SSSR count). The zero-order chi connectivity index (χ0) is 21.1. The zero-order valence-corrected chi connectivity index (χ0v) is 16.8. The first-order valence-corrected chi connectivity index (χ1v) is 9.41. The van der Waals surface area contributed by atoms with Crippen LogP contribution in [0.5, 0.6) is 11.5 Å². The van der Waals surface area contributed by atoms with Gasteiger partial charge in [0.15, 0.2) is 0 Å². The van der Waals surface area contributed by atoms with Crippen molar-refractivity contribution in [1.29, 1.82) is 0 Å². The molecule has 0 saturated carbocycles. The van der Waals surface area contributed by atoms with Crippen LogP contribution in [0.4, 0.5) is 5.95 Å². The smallest absolute Gasteiger partial charge is 0.338 e. The molecule has 0 spiro atoms. The molecular formula is C21H21N5O4. The quantitative estimate of drug-likeness (QED) is 0.623. The van der Waals surface area contributed by atoms with E-state index in [1.165, 1.54) is 4.68 Å². The molecule has 3 aromatic rings. The lowest BCUT2D eigenvalue weighted by Crippen LogP contribution is -2.30. The fourth-order valence-electron chi connectivity index (χ4n) is 3.48. The van der Waals surface area contributed by atoms with Crippen molar-refractivity contribution in [1.82, 2.24) is 20.2 Å². The third kappa shape index (κ3) is 3.34. The van der Waals surface area contributed by atoms with Gasteiger partial charge in [-0.25, -0.2) is 4.79 Å². The lowest BCUT2D eigenvalue weighted by molar-refractivity contribution is -0.138. The van der Waals surface area contributed by atoms with E-state index in [2.05, 4.69) is 20.8 Å². The third-order valence-electron chi connectivity index (χ3n) is 4.81. The van der Waals surface area contributed by atoms with Gasteiger partial charge in [0, 0.05) is 5.56 Å². The Morgan fingerprint density at radius 2 is 1.93 bits per heavy atom. The number of methoxy groups -OCH3 is 2. The van der Waals surface area contributed by atoms with Gasteiger partial charge in [0.2, 0.25) is 5.95 Å². The second-order valence-corrected chi connectivity index (χ2v) is 6.46. The summed E-state index contributed by atoms with van der Waals surface area (Å²) in [7, 11) is 3.15. The number of benzene rings is 2. The first-order chi connectivity index (χ1) is 14.7. The summed E-state index contributed by atoms with van der Waals surface area (Å²) < 4.78 is 17.9. The molecule has 1 N–H and O–H groups in total. The highest BCUT2D eigenvalue weighted by molar-refractivity contribution is 6.02. The topological polar surface area (TPSA) is 100 Å². The zero-order valence-electron chi connectivity index (χ0n) is 16.8. The fraction of sp³-hybridized carbons (Fsp3) is 0.238. The third-order valence-corrected chi connectivity index (χ3v) is 4.81. The summed E-state index contributed by atoms with van der Waals surface area (Å²) in [6.07, 6.45) is 0. The predicted octanol–water partition coefficient (Wildman–Crippen LogP) is 2.68. The number of carbonyl (C=O) groups excluding carboxylic acids is 1. The number of aromatic nitrogens is 4. The number of rotatable bonds is 6. The number of ether oxygens (including phenoxy) is 3. The van der Waals surface area contributed by atoms with E-state index in [1.807, 2.05) is 36.4 Å². The maximum absolute atomic E-state index is 13.2. The first-order valence-electron chi connectivity index (χ1n) is 9.41. The van der Waals surface area contributed by atoms with Gasteiger partial charge in [-0.3, -0.25) is 0 Å². The minimum absolute atomic E-state index is 0.231. The van der Waals surface area contributed by atoms with Crippen molar-refractivity contribution in [2.45, 2.75) is 13.0 Å². The van der Waals surface area contributed by atoms with E-state index in [9.17, 15) is 4.79 Å². The molecule has 1 aliphatic heterocycles. The van der Waals surface area contributed by atoms with E-state index in [1.54, 1.807) is 33.3 Å². The van der Waals surface area contributed by atoms with Gasteiger partial charge < -0.3 is 19.5 Å². The van der Waals surface area contributed by atoms with Crippen LogP contribution < -0.4 is 14.8 Å².